The molecular formula is C19H21N3O4S. The Morgan fingerprint density at radius 3 is 2.59 bits per heavy atom. The highest BCUT2D eigenvalue weighted by Crippen LogP contribution is 2.17. The molecule has 142 valence electrons. The first-order valence-electron chi connectivity index (χ1n) is 8.60. The molecule has 27 heavy (non-hydrogen) atoms. The van der Waals surface area contributed by atoms with E-state index in [4.69, 9.17) is 9.26 Å². The van der Waals surface area contributed by atoms with Crippen LogP contribution in [0.25, 0.3) is 0 Å². The fraction of sp³-hybridized carbons (Fsp3) is 0.316. The quantitative estimate of drug-likeness (QED) is 0.792. The van der Waals surface area contributed by atoms with E-state index >= 15 is 0 Å². The molecule has 0 radical (unpaired) electrons. The van der Waals surface area contributed by atoms with Crippen LogP contribution in [0.15, 0.2) is 40.0 Å². The zero-order chi connectivity index (χ0) is 19.2. The summed E-state index contributed by atoms with van der Waals surface area (Å²) in [6.07, 6.45) is 0.661. The van der Waals surface area contributed by atoms with Crippen LogP contribution in [-0.2, 0) is 16.0 Å². The van der Waals surface area contributed by atoms with Gasteiger partial charge in [0.25, 0.3) is 11.8 Å². The van der Waals surface area contributed by atoms with Crippen LogP contribution in [0.4, 0.5) is 5.69 Å². The number of aromatic nitrogens is 1. The molecule has 0 spiro atoms. The number of nitrogens with one attached hydrogen (secondary N) is 2. The molecule has 0 saturated carbocycles. The van der Waals surface area contributed by atoms with Crippen LogP contribution in [0, 0.1) is 13.8 Å². The van der Waals surface area contributed by atoms with Gasteiger partial charge in [-0.3, -0.25) is 9.59 Å². The summed E-state index contributed by atoms with van der Waals surface area (Å²) in [5, 5.41) is 11.2. The van der Waals surface area contributed by atoms with E-state index < -0.39 is 0 Å². The fourth-order valence-electron chi connectivity index (χ4n) is 2.65. The first-order chi connectivity index (χ1) is 13.0. The number of anilines is 1. The van der Waals surface area contributed by atoms with Gasteiger partial charge in [0.2, 0.25) is 0 Å². The van der Waals surface area contributed by atoms with Crippen molar-refractivity contribution in [3.05, 3.63) is 58.0 Å². The van der Waals surface area contributed by atoms with E-state index in [1.54, 1.807) is 41.4 Å². The third kappa shape index (κ3) is 4.91. The van der Waals surface area contributed by atoms with Crippen molar-refractivity contribution >= 4 is 29.3 Å². The Kier molecular flexibility index (Phi) is 6.18. The molecule has 2 heterocycles. The number of carbonyl (C=O) groups is 2. The van der Waals surface area contributed by atoms with Crippen molar-refractivity contribution in [2.24, 2.45) is 0 Å². The van der Waals surface area contributed by atoms with Gasteiger partial charge in [-0.25, -0.2) is 0 Å². The van der Waals surface area contributed by atoms with E-state index in [0.717, 1.165) is 22.8 Å². The molecule has 1 aliphatic heterocycles. The summed E-state index contributed by atoms with van der Waals surface area (Å²) in [6.45, 7) is 4.76. The lowest BCUT2D eigenvalue weighted by Crippen LogP contribution is -2.26. The van der Waals surface area contributed by atoms with Crippen LogP contribution in [0.3, 0.4) is 0 Å². The van der Waals surface area contributed by atoms with Crippen molar-refractivity contribution in [1.29, 1.82) is 0 Å². The van der Waals surface area contributed by atoms with E-state index in [-0.39, 0.29) is 11.8 Å². The zero-order valence-corrected chi connectivity index (χ0v) is 16.0. The van der Waals surface area contributed by atoms with Crippen molar-refractivity contribution in [3.63, 3.8) is 0 Å². The molecule has 3 rings (SSSR count). The molecule has 0 unspecified atom stereocenters. The standard InChI is InChI=1S/C19H21N3O4S/c1-12-16(13(2)26-22-12)7-8-20-18(23)14-3-5-15(6-4-14)21-19(24)17-11-27-10-9-25-17/h3-6,11H,7-10H2,1-2H3,(H,20,23)(H,21,24). The minimum Gasteiger partial charge on any atom is -0.487 e. The summed E-state index contributed by atoms with van der Waals surface area (Å²) in [4.78, 5) is 24.3. The summed E-state index contributed by atoms with van der Waals surface area (Å²) >= 11 is 1.55. The van der Waals surface area contributed by atoms with Crippen LogP contribution >= 0.6 is 11.8 Å². The third-order valence-electron chi connectivity index (χ3n) is 4.12. The van der Waals surface area contributed by atoms with Crippen molar-refractivity contribution in [1.82, 2.24) is 10.5 Å². The number of ether oxygens (including phenoxy) is 1. The molecule has 0 aliphatic carbocycles. The van der Waals surface area contributed by atoms with Gasteiger partial charge in [-0.1, -0.05) is 5.16 Å². The van der Waals surface area contributed by atoms with Crippen LogP contribution in [0.5, 0.6) is 0 Å². The second-order valence-electron chi connectivity index (χ2n) is 6.04. The Hall–Kier alpha value is -2.74. The topological polar surface area (TPSA) is 93.5 Å². The Bertz CT molecular complexity index is 839. The van der Waals surface area contributed by atoms with E-state index in [1.165, 1.54) is 0 Å². The van der Waals surface area contributed by atoms with Crippen molar-refractivity contribution in [3.8, 4) is 0 Å². The number of carbonyl (C=O) groups excluding carboxylic acids is 2. The lowest BCUT2D eigenvalue weighted by molar-refractivity contribution is -0.116. The SMILES string of the molecule is Cc1noc(C)c1CCNC(=O)c1ccc(NC(=O)C2=CSCCO2)cc1. The third-order valence-corrected chi connectivity index (χ3v) is 4.90. The van der Waals surface area contributed by atoms with E-state index in [0.29, 0.717) is 36.6 Å². The molecule has 0 atom stereocenters. The van der Waals surface area contributed by atoms with Gasteiger partial charge in [0, 0.05) is 34.5 Å². The number of aryl methyl sites for hydroxylation is 2. The van der Waals surface area contributed by atoms with Crippen LogP contribution in [0.2, 0.25) is 0 Å². The molecule has 0 bridgehead atoms. The number of rotatable bonds is 6. The Morgan fingerprint density at radius 2 is 1.96 bits per heavy atom. The highest BCUT2D eigenvalue weighted by atomic mass is 32.2. The van der Waals surface area contributed by atoms with E-state index in [1.807, 2.05) is 13.8 Å². The second kappa shape index (κ2) is 8.77. The lowest BCUT2D eigenvalue weighted by Gasteiger charge is -2.14. The predicted octanol–water partition coefficient (Wildman–Crippen LogP) is 2.81. The first-order valence-corrected chi connectivity index (χ1v) is 9.65. The van der Waals surface area contributed by atoms with Crippen LogP contribution < -0.4 is 10.6 Å². The molecule has 2 N–H and O–H groups in total. The smallest absolute Gasteiger partial charge is 0.291 e. The number of hydrogen-bond acceptors (Lipinski definition) is 6. The average molecular weight is 387 g/mol. The van der Waals surface area contributed by atoms with Gasteiger partial charge in [0.15, 0.2) is 5.76 Å². The lowest BCUT2D eigenvalue weighted by atomic mass is 10.1. The van der Waals surface area contributed by atoms with E-state index in [2.05, 4.69) is 15.8 Å². The minimum atomic E-state index is -0.293. The molecule has 0 fully saturated rings. The number of nitrogens with zero attached hydrogens (tertiary/aromatic N) is 1. The van der Waals surface area contributed by atoms with Gasteiger partial charge >= 0.3 is 0 Å². The van der Waals surface area contributed by atoms with Gasteiger partial charge in [0.1, 0.15) is 5.76 Å². The largest absolute Gasteiger partial charge is 0.487 e. The number of benzene rings is 1. The highest BCUT2D eigenvalue weighted by molar-refractivity contribution is 8.02. The minimum absolute atomic E-state index is 0.172. The highest BCUT2D eigenvalue weighted by Gasteiger charge is 2.15. The molecular weight excluding hydrogens is 366 g/mol. The monoisotopic (exact) mass is 387 g/mol. The van der Waals surface area contributed by atoms with Gasteiger partial charge in [-0.05, 0) is 44.5 Å². The summed E-state index contributed by atoms with van der Waals surface area (Å²) < 4.78 is 10.4. The van der Waals surface area contributed by atoms with Gasteiger partial charge in [-0.2, -0.15) is 0 Å². The summed E-state index contributed by atoms with van der Waals surface area (Å²) in [5.41, 5.74) is 2.99. The molecule has 0 saturated heterocycles. The summed E-state index contributed by atoms with van der Waals surface area (Å²) in [7, 11) is 0. The van der Waals surface area contributed by atoms with Gasteiger partial charge in [0.05, 0.1) is 12.3 Å². The molecule has 1 aromatic carbocycles. The first kappa shape index (κ1) is 19.0. The zero-order valence-electron chi connectivity index (χ0n) is 15.2. The molecule has 2 aromatic rings. The average Bonchev–Trinajstić information content (AvgIpc) is 3.01. The maximum atomic E-state index is 12.3. The Morgan fingerprint density at radius 1 is 1.19 bits per heavy atom. The Balaban J connectivity index is 1.51. The predicted molar refractivity (Wildman–Crippen MR) is 104 cm³/mol. The fourth-order valence-corrected chi connectivity index (χ4v) is 3.27. The number of amides is 2. The van der Waals surface area contributed by atoms with E-state index in [9.17, 15) is 9.59 Å². The second-order valence-corrected chi connectivity index (χ2v) is 7.02. The molecule has 8 heteroatoms. The molecule has 2 amide bonds. The van der Waals surface area contributed by atoms with Crippen LogP contribution in [0.1, 0.15) is 27.4 Å². The molecule has 1 aromatic heterocycles. The van der Waals surface area contributed by atoms with Crippen LogP contribution in [-0.4, -0.2) is 35.9 Å². The van der Waals surface area contributed by atoms with Crippen molar-refractivity contribution in [2.75, 3.05) is 24.2 Å². The number of hydrogen-bond donors (Lipinski definition) is 2. The summed E-state index contributed by atoms with van der Waals surface area (Å²) in [5.74, 6) is 1.47. The molecule has 1 aliphatic rings. The van der Waals surface area contributed by atoms with Gasteiger partial charge < -0.3 is 19.9 Å². The van der Waals surface area contributed by atoms with Crippen molar-refractivity contribution in [2.45, 2.75) is 20.3 Å². The maximum absolute atomic E-state index is 12.3. The maximum Gasteiger partial charge on any atom is 0.291 e. The van der Waals surface area contributed by atoms with Gasteiger partial charge in [-0.15, -0.1) is 11.8 Å². The molecule has 7 nitrogen and oxygen atoms in total. The Labute approximate surface area is 161 Å². The number of thioether (sulfide) groups is 1. The van der Waals surface area contributed by atoms with Crippen molar-refractivity contribution < 1.29 is 18.8 Å². The summed E-state index contributed by atoms with van der Waals surface area (Å²) in [6, 6.07) is 6.73. The normalized spacial score (nSPS) is 13.5.